The van der Waals surface area contributed by atoms with Crippen LogP contribution in [0.2, 0.25) is 0 Å². The standard InChI is InChI=1S/C28H35N3O5/c1-4-35-23-13-10-21(11-14-23)28-29-26(36-30-28)16-17-27(32)31-18-6-5-7-22(31)12-8-20-9-15-24(33-2)25(19-20)34-3/h9-11,13-15,19,22H,4-8,12,16-18H2,1-3H3. The maximum absolute atomic E-state index is 13.1. The average molecular weight is 494 g/mol. The number of likely N-dealkylation sites (tertiary alicyclic amines) is 1. The zero-order chi connectivity index (χ0) is 25.3. The van der Waals surface area contributed by atoms with E-state index in [1.165, 1.54) is 5.56 Å². The lowest BCUT2D eigenvalue weighted by atomic mass is 9.95. The number of hydrogen-bond acceptors (Lipinski definition) is 7. The van der Waals surface area contributed by atoms with Crippen LogP contribution in [0.4, 0.5) is 0 Å². The summed E-state index contributed by atoms with van der Waals surface area (Å²) in [5.74, 6) is 3.40. The minimum absolute atomic E-state index is 0.146. The van der Waals surface area contributed by atoms with Crippen LogP contribution in [0.25, 0.3) is 11.4 Å². The summed E-state index contributed by atoms with van der Waals surface area (Å²) in [6.07, 6.45) is 5.81. The Labute approximate surface area is 212 Å². The van der Waals surface area contributed by atoms with Crippen molar-refractivity contribution in [1.82, 2.24) is 15.0 Å². The number of hydrogen-bond donors (Lipinski definition) is 0. The Morgan fingerprint density at radius 1 is 1.06 bits per heavy atom. The molecule has 1 saturated heterocycles. The third kappa shape index (κ3) is 6.36. The molecule has 3 aromatic rings. The first-order chi connectivity index (χ1) is 17.6. The Morgan fingerprint density at radius 2 is 1.86 bits per heavy atom. The average Bonchev–Trinajstić information content (AvgIpc) is 3.40. The molecule has 0 bridgehead atoms. The monoisotopic (exact) mass is 493 g/mol. The highest BCUT2D eigenvalue weighted by Crippen LogP contribution is 2.29. The second-order valence-corrected chi connectivity index (χ2v) is 8.93. The molecule has 0 saturated carbocycles. The fraction of sp³-hybridized carbons (Fsp3) is 0.464. The summed E-state index contributed by atoms with van der Waals surface area (Å²) in [5.41, 5.74) is 2.03. The minimum Gasteiger partial charge on any atom is -0.494 e. The van der Waals surface area contributed by atoms with E-state index in [-0.39, 0.29) is 11.9 Å². The Hall–Kier alpha value is -3.55. The number of carbonyl (C=O) groups excluding carboxylic acids is 1. The van der Waals surface area contributed by atoms with E-state index in [1.54, 1.807) is 14.2 Å². The highest BCUT2D eigenvalue weighted by atomic mass is 16.5. The first-order valence-corrected chi connectivity index (χ1v) is 12.7. The maximum Gasteiger partial charge on any atom is 0.227 e. The number of ether oxygens (including phenoxy) is 3. The van der Waals surface area contributed by atoms with Gasteiger partial charge >= 0.3 is 0 Å². The van der Waals surface area contributed by atoms with E-state index >= 15 is 0 Å². The molecule has 1 unspecified atom stereocenters. The Morgan fingerprint density at radius 3 is 2.61 bits per heavy atom. The van der Waals surface area contributed by atoms with Gasteiger partial charge in [0.2, 0.25) is 17.6 Å². The van der Waals surface area contributed by atoms with Gasteiger partial charge in [-0.15, -0.1) is 0 Å². The number of amides is 1. The molecule has 0 N–H and O–H groups in total. The number of rotatable bonds is 11. The molecule has 36 heavy (non-hydrogen) atoms. The van der Waals surface area contributed by atoms with Crippen molar-refractivity contribution in [1.29, 1.82) is 0 Å². The first-order valence-electron chi connectivity index (χ1n) is 12.7. The fourth-order valence-corrected chi connectivity index (χ4v) is 4.70. The molecule has 1 amide bonds. The predicted molar refractivity (Wildman–Crippen MR) is 136 cm³/mol. The third-order valence-electron chi connectivity index (χ3n) is 6.61. The van der Waals surface area contributed by atoms with Gasteiger partial charge in [0.25, 0.3) is 0 Å². The molecular weight excluding hydrogens is 458 g/mol. The third-order valence-corrected chi connectivity index (χ3v) is 6.61. The topological polar surface area (TPSA) is 86.9 Å². The van der Waals surface area contributed by atoms with E-state index in [0.717, 1.165) is 61.5 Å². The summed E-state index contributed by atoms with van der Waals surface area (Å²) in [6, 6.07) is 13.8. The zero-order valence-electron chi connectivity index (χ0n) is 21.4. The SMILES string of the molecule is CCOc1ccc(-c2noc(CCC(=O)N3CCCCC3CCc3ccc(OC)c(OC)c3)n2)cc1. The van der Waals surface area contributed by atoms with Crippen LogP contribution in [0, 0.1) is 0 Å². The van der Waals surface area contributed by atoms with Gasteiger partial charge in [0.1, 0.15) is 5.75 Å². The summed E-state index contributed by atoms with van der Waals surface area (Å²) in [4.78, 5) is 19.7. The van der Waals surface area contributed by atoms with E-state index < -0.39 is 0 Å². The molecule has 2 heterocycles. The van der Waals surface area contributed by atoms with Gasteiger partial charge < -0.3 is 23.6 Å². The Bertz CT molecular complexity index is 1130. The fourth-order valence-electron chi connectivity index (χ4n) is 4.70. The van der Waals surface area contributed by atoms with Gasteiger partial charge in [-0.25, -0.2) is 0 Å². The lowest BCUT2D eigenvalue weighted by Crippen LogP contribution is -2.44. The van der Waals surface area contributed by atoms with Crippen LogP contribution in [0.1, 0.15) is 50.5 Å². The molecule has 1 aliphatic heterocycles. The molecule has 0 spiro atoms. The van der Waals surface area contributed by atoms with Gasteiger partial charge in [0, 0.05) is 31.0 Å². The van der Waals surface area contributed by atoms with Gasteiger partial charge in [0.05, 0.1) is 20.8 Å². The van der Waals surface area contributed by atoms with Crippen LogP contribution in [-0.4, -0.2) is 54.4 Å². The van der Waals surface area contributed by atoms with Crippen molar-refractivity contribution < 1.29 is 23.5 Å². The van der Waals surface area contributed by atoms with Gasteiger partial charge in [-0.2, -0.15) is 4.98 Å². The van der Waals surface area contributed by atoms with Crippen molar-refractivity contribution in [3.8, 4) is 28.6 Å². The summed E-state index contributed by atoms with van der Waals surface area (Å²) in [5, 5.41) is 4.09. The molecule has 0 radical (unpaired) electrons. The molecule has 1 aromatic heterocycles. The van der Waals surface area contributed by atoms with Crippen LogP contribution in [0.3, 0.4) is 0 Å². The number of aryl methyl sites for hydroxylation is 2. The van der Waals surface area contributed by atoms with Gasteiger partial charge in [-0.05, 0) is 81.0 Å². The Balaban J connectivity index is 1.32. The van der Waals surface area contributed by atoms with Crippen LogP contribution >= 0.6 is 0 Å². The first kappa shape index (κ1) is 25.5. The van der Waals surface area contributed by atoms with E-state index in [0.29, 0.717) is 31.2 Å². The number of benzene rings is 2. The smallest absolute Gasteiger partial charge is 0.227 e. The van der Waals surface area contributed by atoms with Crippen molar-refractivity contribution in [2.45, 2.75) is 57.9 Å². The highest BCUT2D eigenvalue weighted by molar-refractivity contribution is 5.76. The quantitative estimate of drug-likeness (QED) is 0.367. The minimum atomic E-state index is 0.146. The van der Waals surface area contributed by atoms with Crippen molar-refractivity contribution >= 4 is 5.91 Å². The predicted octanol–water partition coefficient (Wildman–Crippen LogP) is 5.10. The number of nitrogens with zero attached hydrogens (tertiary/aromatic N) is 3. The van der Waals surface area contributed by atoms with E-state index in [2.05, 4.69) is 16.2 Å². The summed E-state index contributed by atoms with van der Waals surface area (Å²) in [6.45, 7) is 3.37. The summed E-state index contributed by atoms with van der Waals surface area (Å²) >= 11 is 0. The Kier molecular flexibility index (Phi) is 8.81. The van der Waals surface area contributed by atoms with Crippen LogP contribution < -0.4 is 14.2 Å². The number of carbonyl (C=O) groups is 1. The summed E-state index contributed by atoms with van der Waals surface area (Å²) < 4.78 is 21.7. The van der Waals surface area contributed by atoms with Gasteiger partial charge in [-0.1, -0.05) is 11.2 Å². The molecule has 8 heteroatoms. The van der Waals surface area contributed by atoms with Crippen molar-refractivity contribution in [2.24, 2.45) is 0 Å². The van der Waals surface area contributed by atoms with Gasteiger partial charge in [0.15, 0.2) is 11.5 Å². The second-order valence-electron chi connectivity index (χ2n) is 8.93. The molecule has 4 rings (SSSR count). The largest absolute Gasteiger partial charge is 0.494 e. The van der Waals surface area contributed by atoms with E-state index in [1.807, 2.05) is 48.2 Å². The van der Waals surface area contributed by atoms with Crippen molar-refractivity contribution in [2.75, 3.05) is 27.4 Å². The van der Waals surface area contributed by atoms with Crippen molar-refractivity contribution in [3.05, 3.63) is 53.9 Å². The molecule has 1 aliphatic rings. The molecule has 1 fully saturated rings. The lowest BCUT2D eigenvalue weighted by molar-refractivity contribution is -0.135. The van der Waals surface area contributed by atoms with Crippen LogP contribution in [0.5, 0.6) is 17.2 Å². The van der Waals surface area contributed by atoms with Crippen LogP contribution in [-0.2, 0) is 17.6 Å². The van der Waals surface area contributed by atoms with Crippen molar-refractivity contribution in [3.63, 3.8) is 0 Å². The maximum atomic E-state index is 13.1. The molecule has 1 atom stereocenters. The van der Waals surface area contributed by atoms with Gasteiger partial charge in [-0.3, -0.25) is 4.79 Å². The van der Waals surface area contributed by atoms with Crippen LogP contribution in [0.15, 0.2) is 47.0 Å². The number of aromatic nitrogens is 2. The number of methoxy groups -OCH3 is 2. The van der Waals surface area contributed by atoms with E-state index in [4.69, 9.17) is 18.7 Å². The molecular formula is C28H35N3O5. The molecule has 2 aromatic carbocycles. The molecule has 8 nitrogen and oxygen atoms in total. The zero-order valence-corrected chi connectivity index (χ0v) is 21.4. The lowest BCUT2D eigenvalue weighted by Gasteiger charge is -2.36. The van der Waals surface area contributed by atoms with E-state index in [9.17, 15) is 4.79 Å². The second kappa shape index (κ2) is 12.4. The summed E-state index contributed by atoms with van der Waals surface area (Å²) in [7, 11) is 3.28. The highest BCUT2D eigenvalue weighted by Gasteiger charge is 2.26. The molecule has 192 valence electrons. The molecule has 0 aliphatic carbocycles. The normalized spacial score (nSPS) is 15.5. The number of piperidine rings is 1.